The van der Waals surface area contributed by atoms with Gasteiger partial charge >= 0.3 is 0 Å². The van der Waals surface area contributed by atoms with Crippen molar-refractivity contribution in [1.82, 2.24) is 4.90 Å². The number of thiophene rings is 1. The van der Waals surface area contributed by atoms with Crippen molar-refractivity contribution in [3.8, 4) is 0 Å². The van der Waals surface area contributed by atoms with Crippen LogP contribution < -0.4 is 0 Å². The third-order valence-corrected chi connectivity index (χ3v) is 4.16. The standard InChI is InChI=1S/C11H14BrNO2S/c1-7-4-13(5-8(2)15-7)11(14)10-3-9(12)6-16-10/h3,6-8H,4-5H2,1-2H3. The Labute approximate surface area is 108 Å². The number of amides is 1. The first-order valence-corrected chi connectivity index (χ1v) is 6.92. The summed E-state index contributed by atoms with van der Waals surface area (Å²) in [6.45, 7) is 5.36. The highest BCUT2D eigenvalue weighted by Gasteiger charge is 2.27. The monoisotopic (exact) mass is 303 g/mol. The van der Waals surface area contributed by atoms with Crippen LogP contribution in [0, 0.1) is 0 Å². The number of nitrogens with zero attached hydrogens (tertiary/aromatic N) is 1. The van der Waals surface area contributed by atoms with Crippen LogP contribution in [0.3, 0.4) is 0 Å². The molecule has 0 saturated carbocycles. The first-order valence-electron chi connectivity index (χ1n) is 5.25. The Balaban J connectivity index is 2.09. The second kappa shape index (κ2) is 4.85. The lowest BCUT2D eigenvalue weighted by molar-refractivity contribution is -0.0585. The molecule has 1 aromatic heterocycles. The number of hydrogen-bond acceptors (Lipinski definition) is 3. The van der Waals surface area contributed by atoms with Crippen LogP contribution in [0.2, 0.25) is 0 Å². The number of hydrogen-bond donors (Lipinski definition) is 0. The molecule has 0 radical (unpaired) electrons. The van der Waals surface area contributed by atoms with Crippen molar-refractivity contribution in [1.29, 1.82) is 0 Å². The van der Waals surface area contributed by atoms with E-state index in [1.165, 1.54) is 11.3 Å². The molecule has 16 heavy (non-hydrogen) atoms. The van der Waals surface area contributed by atoms with Gasteiger partial charge in [0.15, 0.2) is 0 Å². The first kappa shape index (κ1) is 12.1. The van der Waals surface area contributed by atoms with Gasteiger partial charge in [0.2, 0.25) is 0 Å². The lowest BCUT2D eigenvalue weighted by Crippen LogP contribution is -2.48. The van der Waals surface area contributed by atoms with Crippen molar-refractivity contribution in [2.24, 2.45) is 0 Å². The minimum Gasteiger partial charge on any atom is -0.372 e. The molecule has 0 bridgehead atoms. The highest BCUT2D eigenvalue weighted by molar-refractivity contribution is 9.10. The molecule has 1 aliphatic heterocycles. The molecule has 0 aromatic carbocycles. The molecule has 2 atom stereocenters. The SMILES string of the molecule is CC1CN(C(=O)c2cc(Br)cs2)CC(C)O1. The van der Waals surface area contributed by atoms with Crippen LogP contribution in [0.25, 0.3) is 0 Å². The van der Waals surface area contributed by atoms with Gasteiger partial charge in [-0.15, -0.1) is 11.3 Å². The Morgan fingerprint density at radius 2 is 2.12 bits per heavy atom. The van der Waals surface area contributed by atoms with E-state index in [0.717, 1.165) is 9.35 Å². The number of carbonyl (C=O) groups is 1. The van der Waals surface area contributed by atoms with Gasteiger partial charge in [0, 0.05) is 22.9 Å². The van der Waals surface area contributed by atoms with E-state index in [0.29, 0.717) is 13.1 Å². The minimum atomic E-state index is 0.109. The summed E-state index contributed by atoms with van der Waals surface area (Å²) in [6.07, 6.45) is 0.243. The van der Waals surface area contributed by atoms with Gasteiger partial charge in [-0.1, -0.05) is 0 Å². The topological polar surface area (TPSA) is 29.5 Å². The van der Waals surface area contributed by atoms with Crippen LogP contribution in [0.1, 0.15) is 23.5 Å². The normalized spacial score (nSPS) is 25.8. The molecule has 3 nitrogen and oxygen atoms in total. The van der Waals surface area contributed by atoms with Gasteiger partial charge < -0.3 is 9.64 Å². The molecule has 0 aliphatic carbocycles. The third kappa shape index (κ3) is 2.64. The molecule has 2 heterocycles. The lowest BCUT2D eigenvalue weighted by Gasteiger charge is -2.35. The highest BCUT2D eigenvalue weighted by atomic mass is 79.9. The molecule has 2 rings (SSSR count). The molecule has 88 valence electrons. The molecule has 5 heteroatoms. The Kier molecular flexibility index (Phi) is 3.66. The number of morpholine rings is 1. The van der Waals surface area contributed by atoms with E-state index in [2.05, 4.69) is 15.9 Å². The predicted octanol–water partition coefficient (Wildman–Crippen LogP) is 2.76. The average Bonchev–Trinajstić information content (AvgIpc) is 2.62. The van der Waals surface area contributed by atoms with Crippen molar-refractivity contribution < 1.29 is 9.53 Å². The fourth-order valence-electron chi connectivity index (χ4n) is 1.92. The van der Waals surface area contributed by atoms with Gasteiger partial charge in [-0.3, -0.25) is 4.79 Å². The zero-order valence-corrected chi connectivity index (χ0v) is 11.7. The molecule has 1 amide bonds. The van der Waals surface area contributed by atoms with E-state index >= 15 is 0 Å². The van der Waals surface area contributed by atoms with E-state index in [1.807, 2.05) is 30.2 Å². The number of halogens is 1. The first-order chi connectivity index (χ1) is 7.56. The predicted molar refractivity (Wildman–Crippen MR) is 67.9 cm³/mol. The molecular formula is C11H14BrNO2S. The quantitative estimate of drug-likeness (QED) is 0.798. The summed E-state index contributed by atoms with van der Waals surface area (Å²) in [5.41, 5.74) is 0. The number of ether oxygens (including phenoxy) is 1. The van der Waals surface area contributed by atoms with Gasteiger partial charge in [-0.25, -0.2) is 0 Å². The summed E-state index contributed by atoms with van der Waals surface area (Å²) in [5.74, 6) is 0.109. The van der Waals surface area contributed by atoms with E-state index in [1.54, 1.807) is 0 Å². The summed E-state index contributed by atoms with van der Waals surface area (Å²) in [5, 5.41) is 1.93. The van der Waals surface area contributed by atoms with E-state index in [4.69, 9.17) is 4.74 Å². The van der Waals surface area contributed by atoms with Crippen LogP contribution in [-0.2, 0) is 4.74 Å². The average molecular weight is 304 g/mol. The van der Waals surface area contributed by atoms with Crippen LogP contribution in [0.5, 0.6) is 0 Å². The molecule has 1 aliphatic rings. The Hall–Kier alpha value is -0.390. The third-order valence-electron chi connectivity index (χ3n) is 2.49. The summed E-state index contributed by atoms with van der Waals surface area (Å²) in [6, 6.07) is 1.87. The largest absolute Gasteiger partial charge is 0.372 e. The maximum atomic E-state index is 12.2. The van der Waals surface area contributed by atoms with Gasteiger partial charge in [0.05, 0.1) is 17.1 Å². The van der Waals surface area contributed by atoms with Crippen LogP contribution in [0.15, 0.2) is 15.9 Å². The Morgan fingerprint density at radius 1 is 1.50 bits per heavy atom. The number of rotatable bonds is 1. The van der Waals surface area contributed by atoms with Crippen molar-refractivity contribution in [2.45, 2.75) is 26.1 Å². The molecule has 0 spiro atoms. The summed E-state index contributed by atoms with van der Waals surface area (Å²) in [7, 11) is 0. The number of carbonyl (C=O) groups excluding carboxylic acids is 1. The van der Waals surface area contributed by atoms with Crippen LogP contribution in [-0.4, -0.2) is 36.1 Å². The van der Waals surface area contributed by atoms with E-state index in [-0.39, 0.29) is 18.1 Å². The van der Waals surface area contributed by atoms with Crippen molar-refractivity contribution in [2.75, 3.05) is 13.1 Å². The zero-order chi connectivity index (χ0) is 11.7. The van der Waals surface area contributed by atoms with E-state index in [9.17, 15) is 4.79 Å². The smallest absolute Gasteiger partial charge is 0.264 e. The van der Waals surface area contributed by atoms with E-state index < -0.39 is 0 Å². The molecular weight excluding hydrogens is 290 g/mol. The zero-order valence-electron chi connectivity index (χ0n) is 9.27. The summed E-state index contributed by atoms with van der Waals surface area (Å²) >= 11 is 4.84. The maximum Gasteiger partial charge on any atom is 0.264 e. The summed E-state index contributed by atoms with van der Waals surface area (Å²) < 4.78 is 6.58. The molecule has 2 unspecified atom stereocenters. The van der Waals surface area contributed by atoms with Crippen molar-refractivity contribution in [3.05, 3.63) is 20.8 Å². The second-order valence-corrected chi connectivity index (χ2v) is 5.92. The minimum absolute atomic E-state index is 0.109. The molecule has 1 aromatic rings. The van der Waals surface area contributed by atoms with Gasteiger partial charge in [0.25, 0.3) is 5.91 Å². The second-order valence-electron chi connectivity index (χ2n) is 4.10. The Morgan fingerprint density at radius 3 is 2.62 bits per heavy atom. The van der Waals surface area contributed by atoms with Crippen molar-refractivity contribution in [3.63, 3.8) is 0 Å². The fraction of sp³-hybridized carbons (Fsp3) is 0.545. The van der Waals surface area contributed by atoms with Gasteiger partial charge in [-0.2, -0.15) is 0 Å². The maximum absolute atomic E-state index is 12.2. The fourth-order valence-corrected chi connectivity index (χ4v) is 3.32. The lowest BCUT2D eigenvalue weighted by atomic mass is 10.2. The molecule has 0 N–H and O–H groups in total. The van der Waals surface area contributed by atoms with Gasteiger partial charge in [0.1, 0.15) is 0 Å². The van der Waals surface area contributed by atoms with Gasteiger partial charge in [-0.05, 0) is 35.8 Å². The molecule has 1 fully saturated rings. The summed E-state index contributed by atoms with van der Waals surface area (Å²) in [4.78, 5) is 14.8. The van der Waals surface area contributed by atoms with Crippen LogP contribution >= 0.6 is 27.3 Å². The highest BCUT2D eigenvalue weighted by Crippen LogP contribution is 2.22. The van der Waals surface area contributed by atoms with Crippen molar-refractivity contribution >= 4 is 33.2 Å². The molecule has 1 saturated heterocycles. The van der Waals surface area contributed by atoms with Crippen LogP contribution in [0.4, 0.5) is 0 Å². The Bertz CT molecular complexity index is 383.